The first-order chi connectivity index (χ1) is 7.56. The Morgan fingerprint density at radius 3 is 2.88 bits per heavy atom. The molecule has 7 heteroatoms. The van der Waals surface area contributed by atoms with Crippen LogP contribution in [0.3, 0.4) is 0 Å². The third kappa shape index (κ3) is 2.94. The Hall–Kier alpha value is -1.60. The molecular weight excluding hydrogens is 214 g/mol. The van der Waals surface area contributed by atoms with E-state index in [1.165, 1.54) is 6.20 Å². The number of hydrogen-bond acceptors (Lipinski definition) is 6. The molecule has 16 heavy (non-hydrogen) atoms. The predicted molar refractivity (Wildman–Crippen MR) is 55.2 cm³/mol. The Balaban J connectivity index is 2.57. The molecule has 0 aliphatic heterocycles. The standard InChI is InChI=1S/C9H15N3O4/c1-2-16-7(14)3-6(13)8(15)5-4-11-12-9(5)10/h4,6,8,13,15H,2-3H2,1H3,(H3,10,11,12). The molecule has 0 fully saturated rings. The van der Waals surface area contributed by atoms with Gasteiger partial charge in [0.15, 0.2) is 0 Å². The molecule has 90 valence electrons. The largest absolute Gasteiger partial charge is 0.466 e. The van der Waals surface area contributed by atoms with E-state index in [9.17, 15) is 15.0 Å². The molecule has 0 aliphatic carbocycles. The third-order valence-electron chi connectivity index (χ3n) is 2.06. The first kappa shape index (κ1) is 12.5. The quantitative estimate of drug-likeness (QED) is 0.497. The van der Waals surface area contributed by atoms with Crippen LogP contribution in [0.15, 0.2) is 6.20 Å². The summed E-state index contributed by atoms with van der Waals surface area (Å²) in [4.78, 5) is 11.1. The SMILES string of the molecule is CCOC(=O)CC(O)C(O)c1cn[nH]c1N. The van der Waals surface area contributed by atoms with Crippen LogP contribution in [0.5, 0.6) is 0 Å². The van der Waals surface area contributed by atoms with Gasteiger partial charge in [0.1, 0.15) is 11.9 Å². The van der Waals surface area contributed by atoms with Crippen LogP contribution >= 0.6 is 0 Å². The maximum Gasteiger partial charge on any atom is 0.308 e. The molecule has 0 radical (unpaired) electrons. The van der Waals surface area contributed by atoms with Crippen molar-refractivity contribution in [3.63, 3.8) is 0 Å². The summed E-state index contributed by atoms with van der Waals surface area (Å²) in [5.74, 6) is -0.411. The van der Waals surface area contributed by atoms with Gasteiger partial charge in [-0.3, -0.25) is 9.89 Å². The van der Waals surface area contributed by atoms with Crippen LogP contribution in [0.4, 0.5) is 5.82 Å². The van der Waals surface area contributed by atoms with Crippen molar-refractivity contribution in [3.05, 3.63) is 11.8 Å². The highest BCUT2D eigenvalue weighted by molar-refractivity contribution is 5.70. The number of aliphatic hydroxyl groups is 2. The average Bonchev–Trinajstić information content (AvgIpc) is 2.63. The number of H-pyrrole nitrogens is 1. The van der Waals surface area contributed by atoms with E-state index in [0.29, 0.717) is 0 Å². The molecule has 0 aromatic carbocycles. The van der Waals surface area contributed by atoms with Gasteiger partial charge in [-0.15, -0.1) is 0 Å². The molecule has 1 aromatic heterocycles. The molecule has 0 aliphatic rings. The Morgan fingerprint density at radius 2 is 2.38 bits per heavy atom. The van der Waals surface area contributed by atoms with Crippen molar-refractivity contribution in [2.45, 2.75) is 25.6 Å². The summed E-state index contributed by atoms with van der Waals surface area (Å²) in [5.41, 5.74) is 5.72. The zero-order valence-corrected chi connectivity index (χ0v) is 8.88. The van der Waals surface area contributed by atoms with Crippen LogP contribution in [0.2, 0.25) is 0 Å². The fraction of sp³-hybridized carbons (Fsp3) is 0.556. The number of aromatic nitrogens is 2. The van der Waals surface area contributed by atoms with Gasteiger partial charge in [0.25, 0.3) is 0 Å². The van der Waals surface area contributed by atoms with Crippen molar-refractivity contribution in [2.24, 2.45) is 0 Å². The predicted octanol–water partition coefficient (Wildman–Crippen LogP) is -0.661. The lowest BCUT2D eigenvalue weighted by molar-refractivity contribution is -0.147. The normalized spacial score (nSPS) is 14.4. The summed E-state index contributed by atoms with van der Waals surface area (Å²) in [5, 5.41) is 25.3. The lowest BCUT2D eigenvalue weighted by Crippen LogP contribution is -2.23. The van der Waals surface area contributed by atoms with Crippen molar-refractivity contribution in [2.75, 3.05) is 12.3 Å². The second kappa shape index (κ2) is 5.47. The highest BCUT2D eigenvalue weighted by Crippen LogP contribution is 2.22. The van der Waals surface area contributed by atoms with E-state index in [4.69, 9.17) is 5.73 Å². The summed E-state index contributed by atoms with van der Waals surface area (Å²) < 4.78 is 4.65. The number of aromatic amines is 1. The number of ether oxygens (including phenoxy) is 1. The molecular formula is C9H15N3O4. The zero-order chi connectivity index (χ0) is 12.1. The van der Waals surface area contributed by atoms with Gasteiger partial charge in [-0.2, -0.15) is 5.10 Å². The van der Waals surface area contributed by atoms with Crippen molar-refractivity contribution in [1.29, 1.82) is 0 Å². The topological polar surface area (TPSA) is 121 Å². The minimum atomic E-state index is -1.26. The monoisotopic (exact) mass is 229 g/mol. The van der Waals surface area contributed by atoms with Crippen molar-refractivity contribution in [3.8, 4) is 0 Å². The lowest BCUT2D eigenvalue weighted by atomic mass is 10.1. The van der Waals surface area contributed by atoms with Gasteiger partial charge >= 0.3 is 5.97 Å². The van der Waals surface area contributed by atoms with E-state index >= 15 is 0 Å². The second-order valence-electron chi connectivity index (χ2n) is 3.26. The van der Waals surface area contributed by atoms with Crippen LogP contribution < -0.4 is 5.73 Å². The van der Waals surface area contributed by atoms with Gasteiger partial charge in [0.05, 0.1) is 25.3 Å². The molecule has 2 unspecified atom stereocenters. The van der Waals surface area contributed by atoms with E-state index in [-0.39, 0.29) is 24.4 Å². The van der Waals surface area contributed by atoms with Crippen LogP contribution in [-0.4, -0.2) is 39.1 Å². The number of nitrogens with one attached hydrogen (secondary N) is 1. The highest BCUT2D eigenvalue weighted by atomic mass is 16.5. The summed E-state index contributed by atoms with van der Waals surface area (Å²) in [6, 6.07) is 0. The number of nitrogen functional groups attached to an aromatic ring is 1. The minimum absolute atomic E-state index is 0.162. The Labute approximate surface area is 92.2 Å². The molecule has 1 rings (SSSR count). The first-order valence-corrected chi connectivity index (χ1v) is 4.86. The van der Waals surface area contributed by atoms with Gasteiger partial charge in [-0.05, 0) is 6.92 Å². The molecule has 0 bridgehead atoms. The van der Waals surface area contributed by atoms with Gasteiger partial charge in [0.2, 0.25) is 0 Å². The second-order valence-corrected chi connectivity index (χ2v) is 3.26. The van der Waals surface area contributed by atoms with E-state index < -0.39 is 18.2 Å². The van der Waals surface area contributed by atoms with Crippen LogP contribution in [0, 0.1) is 0 Å². The third-order valence-corrected chi connectivity index (χ3v) is 2.06. The Morgan fingerprint density at radius 1 is 1.69 bits per heavy atom. The number of nitrogens with two attached hydrogens (primary N) is 1. The van der Waals surface area contributed by atoms with Crippen molar-refractivity contribution >= 4 is 11.8 Å². The van der Waals surface area contributed by atoms with Crippen molar-refractivity contribution < 1.29 is 19.7 Å². The van der Waals surface area contributed by atoms with Crippen LogP contribution in [-0.2, 0) is 9.53 Å². The van der Waals surface area contributed by atoms with Crippen LogP contribution in [0.25, 0.3) is 0 Å². The fourth-order valence-electron chi connectivity index (χ4n) is 1.25. The van der Waals surface area contributed by atoms with E-state index in [0.717, 1.165) is 0 Å². The summed E-state index contributed by atoms with van der Waals surface area (Å²) in [6.45, 7) is 1.89. The van der Waals surface area contributed by atoms with E-state index in [1.807, 2.05) is 0 Å². The maximum absolute atomic E-state index is 11.1. The van der Waals surface area contributed by atoms with Crippen molar-refractivity contribution in [1.82, 2.24) is 10.2 Å². The summed E-state index contributed by atoms with van der Waals surface area (Å²) >= 11 is 0. The molecule has 0 amide bonds. The Kier molecular flexibility index (Phi) is 4.27. The van der Waals surface area contributed by atoms with Crippen LogP contribution in [0.1, 0.15) is 25.0 Å². The number of carbonyl (C=O) groups excluding carboxylic acids is 1. The molecule has 0 spiro atoms. The number of carbonyl (C=O) groups is 1. The molecule has 2 atom stereocenters. The molecule has 1 heterocycles. The molecule has 0 saturated carbocycles. The van der Waals surface area contributed by atoms with Gasteiger partial charge in [0, 0.05) is 5.56 Å². The molecule has 7 nitrogen and oxygen atoms in total. The lowest BCUT2D eigenvalue weighted by Gasteiger charge is -2.16. The summed E-state index contributed by atoms with van der Waals surface area (Å²) in [6.07, 6.45) is -1.52. The average molecular weight is 229 g/mol. The smallest absolute Gasteiger partial charge is 0.308 e. The van der Waals surface area contributed by atoms with Gasteiger partial charge in [-0.1, -0.05) is 0 Å². The first-order valence-electron chi connectivity index (χ1n) is 4.86. The fourth-order valence-corrected chi connectivity index (χ4v) is 1.25. The number of esters is 1. The number of rotatable bonds is 5. The molecule has 1 aromatic rings. The molecule has 5 N–H and O–H groups in total. The molecule has 0 saturated heterocycles. The highest BCUT2D eigenvalue weighted by Gasteiger charge is 2.24. The van der Waals surface area contributed by atoms with Gasteiger partial charge < -0.3 is 20.7 Å². The summed E-state index contributed by atoms with van der Waals surface area (Å²) in [7, 11) is 0. The number of anilines is 1. The number of aliphatic hydroxyl groups excluding tert-OH is 2. The maximum atomic E-state index is 11.1. The van der Waals surface area contributed by atoms with E-state index in [1.54, 1.807) is 6.92 Å². The zero-order valence-electron chi connectivity index (χ0n) is 8.88. The number of nitrogens with zero attached hydrogens (tertiary/aromatic N) is 1. The number of hydrogen-bond donors (Lipinski definition) is 4. The Bertz CT molecular complexity index is 352. The van der Waals surface area contributed by atoms with Gasteiger partial charge in [-0.25, -0.2) is 0 Å². The minimum Gasteiger partial charge on any atom is -0.466 e. The van der Waals surface area contributed by atoms with E-state index in [2.05, 4.69) is 14.9 Å².